The fourth-order valence-corrected chi connectivity index (χ4v) is 3.11. The van der Waals surface area contributed by atoms with Gasteiger partial charge in [0.15, 0.2) is 0 Å². The number of amides is 1. The molecule has 5 heteroatoms. The van der Waals surface area contributed by atoms with Gasteiger partial charge in [-0.05, 0) is 56.1 Å². The average molecular weight is 301 g/mol. The highest BCUT2D eigenvalue weighted by Crippen LogP contribution is 2.27. The number of benzene rings is 1. The molecule has 0 aromatic heterocycles. The van der Waals surface area contributed by atoms with Gasteiger partial charge in [0, 0.05) is 23.2 Å². The fourth-order valence-electron chi connectivity index (χ4n) is 2.98. The van der Waals surface area contributed by atoms with E-state index in [1.807, 2.05) is 0 Å². The lowest BCUT2D eigenvalue weighted by atomic mass is 9.84. The van der Waals surface area contributed by atoms with E-state index in [0.717, 1.165) is 6.54 Å². The number of hydrogen-bond donors (Lipinski definition) is 1. The van der Waals surface area contributed by atoms with Crippen LogP contribution in [0.25, 0.3) is 0 Å². The number of halogens is 2. The highest BCUT2D eigenvalue weighted by atomic mass is 35.5. The smallest absolute Gasteiger partial charge is 0.251 e. The molecule has 2 bridgehead atoms. The number of fused-ring (bicyclic) bond motifs is 3. The third-order valence-electron chi connectivity index (χ3n) is 4.08. The molecule has 3 aliphatic heterocycles. The van der Waals surface area contributed by atoms with Crippen molar-refractivity contribution in [1.82, 2.24) is 10.2 Å². The normalized spacial score (nSPS) is 28.6. The van der Waals surface area contributed by atoms with Gasteiger partial charge in [0.1, 0.15) is 0 Å². The number of nitrogens with zero attached hydrogens (tertiary/aromatic N) is 1. The second-order valence-corrected chi connectivity index (χ2v) is 5.66. The molecule has 0 aliphatic carbocycles. The molecule has 0 radical (unpaired) electrons. The Morgan fingerprint density at radius 3 is 2.37 bits per heavy atom. The predicted octanol–water partition coefficient (Wildman–Crippen LogP) is 2.59. The summed E-state index contributed by atoms with van der Waals surface area (Å²) in [6.45, 7) is 3.39. The van der Waals surface area contributed by atoms with Crippen molar-refractivity contribution in [3.8, 4) is 0 Å². The van der Waals surface area contributed by atoms with Crippen molar-refractivity contribution in [2.75, 3.05) is 19.6 Å². The first kappa shape index (κ1) is 14.6. The van der Waals surface area contributed by atoms with E-state index in [9.17, 15) is 4.79 Å². The highest BCUT2D eigenvalue weighted by Gasteiger charge is 2.34. The Balaban J connectivity index is 0.00000133. The zero-order valence-electron chi connectivity index (χ0n) is 10.6. The van der Waals surface area contributed by atoms with E-state index >= 15 is 0 Å². The Labute approximate surface area is 124 Å². The number of carbonyl (C=O) groups excluding carboxylic acids is 1. The molecule has 1 N–H and O–H groups in total. The molecule has 104 valence electrons. The van der Waals surface area contributed by atoms with Gasteiger partial charge in [0.05, 0.1) is 0 Å². The molecular weight excluding hydrogens is 283 g/mol. The Morgan fingerprint density at radius 1 is 1.21 bits per heavy atom. The van der Waals surface area contributed by atoms with Gasteiger partial charge in [0.2, 0.25) is 0 Å². The van der Waals surface area contributed by atoms with E-state index in [0.29, 0.717) is 22.5 Å². The molecule has 3 heterocycles. The lowest BCUT2D eigenvalue weighted by Gasteiger charge is -2.44. The van der Waals surface area contributed by atoms with Crippen molar-refractivity contribution >= 4 is 29.9 Å². The summed E-state index contributed by atoms with van der Waals surface area (Å²) in [6, 6.07) is 7.38. The summed E-state index contributed by atoms with van der Waals surface area (Å²) in [5, 5.41) is 3.82. The van der Waals surface area contributed by atoms with Crippen LogP contribution < -0.4 is 5.32 Å². The van der Waals surface area contributed by atoms with Crippen LogP contribution in [0.15, 0.2) is 24.3 Å². The monoisotopic (exact) mass is 300 g/mol. The van der Waals surface area contributed by atoms with E-state index in [2.05, 4.69) is 10.2 Å². The third-order valence-corrected chi connectivity index (χ3v) is 4.33. The molecule has 1 aromatic carbocycles. The average Bonchev–Trinajstić information content (AvgIpc) is 2.41. The molecule has 3 aliphatic rings. The lowest BCUT2D eigenvalue weighted by Crippen LogP contribution is -2.57. The van der Waals surface area contributed by atoms with E-state index in [-0.39, 0.29) is 18.3 Å². The number of piperidine rings is 3. The van der Waals surface area contributed by atoms with Crippen LogP contribution in [-0.4, -0.2) is 36.5 Å². The summed E-state index contributed by atoms with van der Waals surface area (Å²) in [7, 11) is 0. The zero-order chi connectivity index (χ0) is 12.5. The van der Waals surface area contributed by atoms with Crippen LogP contribution in [0.3, 0.4) is 0 Å². The number of rotatable bonds is 2. The molecule has 4 rings (SSSR count). The standard InChI is InChI=1S/C14H17ClN2O.ClH/c15-12-3-1-11(2-4-12)14(18)16-13-9-17-7-5-10(13)6-8-17;/h1-4,10,13H,5-9H2,(H,16,18);1H. The molecular formula is C14H18Cl2N2O. The molecule has 3 nitrogen and oxygen atoms in total. The van der Waals surface area contributed by atoms with Crippen LogP contribution in [-0.2, 0) is 0 Å². The maximum absolute atomic E-state index is 12.1. The molecule has 1 amide bonds. The van der Waals surface area contributed by atoms with Crippen LogP contribution in [0, 0.1) is 5.92 Å². The Bertz CT molecular complexity index is 441. The minimum absolute atomic E-state index is 0. The van der Waals surface area contributed by atoms with Gasteiger partial charge in [0.25, 0.3) is 5.91 Å². The summed E-state index contributed by atoms with van der Waals surface area (Å²) in [5.74, 6) is 0.677. The van der Waals surface area contributed by atoms with Crippen molar-refractivity contribution in [3.63, 3.8) is 0 Å². The van der Waals surface area contributed by atoms with Gasteiger partial charge in [-0.3, -0.25) is 4.79 Å². The third kappa shape index (κ3) is 3.22. The topological polar surface area (TPSA) is 32.3 Å². The molecule has 3 saturated heterocycles. The maximum Gasteiger partial charge on any atom is 0.251 e. The molecule has 1 atom stereocenters. The maximum atomic E-state index is 12.1. The summed E-state index contributed by atoms with van der Waals surface area (Å²) in [5.41, 5.74) is 0.691. The Kier molecular flexibility index (Phi) is 4.71. The molecule has 1 unspecified atom stereocenters. The molecule has 3 fully saturated rings. The number of hydrogen-bond acceptors (Lipinski definition) is 2. The summed E-state index contributed by atoms with van der Waals surface area (Å²) in [6.07, 6.45) is 2.43. The van der Waals surface area contributed by atoms with E-state index in [1.54, 1.807) is 24.3 Å². The molecule has 0 saturated carbocycles. The second kappa shape index (κ2) is 6.12. The first-order chi connectivity index (χ1) is 8.72. The predicted molar refractivity (Wildman–Crippen MR) is 79.1 cm³/mol. The van der Waals surface area contributed by atoms with Crippen LogP contribution in [0.4, 0.5) is 0 Å². The summed E-state index contributed by atoms with van der Waals surface area (Å²) in [4.78, 5) is 14.6. The van der Waals surface area contributed by atoms with Gasteiger partial charge in [-0.1, -0.05) is 11.6 Å². The lowest BCUT2D eigenvalue weighted by molar-refractivity contribution is 0.0620. The molecule has 1 aromatic rings. The van der Waals surface area contributed by atoms with Crippen LogP contribution >= 0.6 is 24.0 Å². The van der Waals surface area contributed by atoms with Gasteiger partial charge in [-0.25, -0.2) is 0 Å². The quantitative estimate of drug-likeness (QED) is 0.910. The number of nitrogens with one attached hydrogen (secondary N) is 1. The van der Waals surface area contributed by atoms with E-state index in [1.165, 1.54) is 25.9 Å². The van der Waals surface area contributed by atoms with Gasteiger partial charge < -0.3 is 10.2 Å². The van der Waals surface area contributed by atoms with Gasteiger partial charge in [-0.15, -0.1) is 12.4 Å². The summed E-state index contributed by atoms with van der Waals surface area (Å²) >= 11 is 5.82. The first-order valence-corrected chi connectivity index (χ1v) is 6.89. The van der Waals surface area contributed by atoms with Crippen molar-refractivity contribution in [2.24, 2.45) is 5.92 Å². The SMILES string of the molecule is Cl.O=C(NC1CN2CCC1CC2)c1ccc(Cl)cc1. The Hall–Kier alpha value is -0.770. The van der Waals surface area contributed by atoms with Crippen molar-refractivity contribution in [1.29, 1.82) is 0 Å². The highest BCUT2D eigenvalue weighted by molar-refractivity contribution is 6.30. The van der Waals surface area contributed by atoms with Crippen LogP contribution in [0.1, 0.15) is 23.2 Å². The minimum atomic E-state index is 0. The van der Waals surface area contributed by atoms with Crippen LogP contribution in [0.2, 0.25) is 5.02 Å². The number of carbonyl (C=O) groups is 1. The molecule has 0 spiro atoms. The van der Waals surface area contributed by atoms with Gasteiger partial charge in [-0.2, -0.15) is 0 Å². The largest absolute Gasteiger partial charge is 0.348 e. The van der Waals surface area contributed by atoms with Crippen molar-refractivity contribution < 1.29 is 4.79 Å². The summed E-state index contributed by atoms with van der Waals surface area (Å²) < 4.78 is 0. The first-order valence-electron chi connectivity index (χ1n) is 6.51. The Morgan fingerprint density at radius 2 is 1.84 bits per heavy atom. The second-order valence-electron chi connectivity index (χ2n) is 5.22. The van der Waals surface area contributed by atoms with Crippen molar-refractivity contribution in [3.05, 3.63) is 34.9 Å². The molecule has 19 heavy (non-hydrogen) atoms. The fraction of sp³-hybridized carbons (Fsp3) is 0.500. The van der Waals surface area contributed by atoms with E-state index < -0.39 is 0 Å². The van der Waals surface area contributed by atoms with E-state index in [4.69, 9.17) is 11.6 Å². The van der Waals surface area contributed by atoms with Crippen LogP contribution in [0.5, 0.6) is 0 Å². The zero-order valence-corrected chi connectivity index (χ0v) is 12.2. The minimum Gasteiger partial charge on any atom is -0.348 e. The van der Waals surface area contributed by atoms with Crippen molar-refractivity contribution in [2.45, 2.75) is 18.9 Å². The van der Waals surface area contributed by atoms with Gasteiger partial charge >= 0.3 is 0 Å².